The second kappa shape index (κ2) is 2.58. The molecule has 2 rings (SSSR count). The number of fused-ring (bicyclic) bond motifs is 1. The van der Waals surface area contributed by atoms with Crippen molar-refractivity contribution in [1.82, 2.24) is 14.8 Å². The molecule has 12 heavy (non-hydrogen) atoms. The summed E-state index contributed by atoms with van der Waals surface area (Å²) in [5.41, 5.74) is 0. The molecule has 0 radical (unpaired) electrons. The normalized spacial score (nSPS) is 15.7. The Balaban J connectivity index is 2.44. The first-order valence-electron chi connectivity index (χ1n) is 3.94. The average molecular weight is 167 g/mol. The van der Waals surface area contributed by atoms with E-state index in [1.54, 1.807) is 4.57 Å². The molecular weight excluding hydrogens is 158 g/mol. The summed E-state index contributed by atoms with van der Waals surface area (Å²) in [5.74, 6) is -0.112. The van der Waals surface area contributed by atoms with Crippen LogP contribution in [0.2, 0.25) is 0 Å². The zero-order chi connectivity index (χ0) is 8.55. The number of carbonyl (C=O) groups is 1. The lowest BCUT2D eigenvalue weighted by Gasteiger charge is -2.12. The van der Waals surface area contributed by atoms with E-state index in [0.717, 1.165) is 31.6 Å². The molecule has 0 unspecified atom stereocenters. The van der Waals surface area contributed by atoms with Gasteiger partial charge in [-0.2, -0.15) is 0 Å². The molecule has 0 saturated heterocycles. The first-order chi connectivity index (χ1) is 5.79. The lowest BCUT2D eigenvalue weighted by atomic mass is 10.2. The van der Waals surface area contributed by atoms with E-state index in [2.05, 4.69) is 10.2 Å². The zero-order valence-electron chi connectivity index (χ0n) is 6.53. The fourth-order valence-electron chi connectivity index (χ4n) is 1.47. The van der Waals surface area contributed by atoms with Gasteiger partial charge in [-0.05, 0) is 12.8 Å². The maximum absolute atomic E-state index is 10.6. The highest BCUT2D eigenvalue weighted by Gasteiger charge is 2.19. The van der Waals surface area contributed by atoms with Crippen LogP contribution in [0.5, 0.6) is 0 Å². The summed E-state index contributed by atoms with van der Waals surface area (Å²) in [4.78, 5) is 10.6. The number of carboxylic acid groups (broad SMARTS) is 1. The van der Waals surface area contributed by atoms with Gasteiger partial charge in [0.15, 0.2) is 0 Å². The number of hydrogen-bond donors (Lipinski definition) is 1. The van der Waals surface area contributed by atoms with E-state index in [-0.39, 0.29) is 5.82 Å². The standard InChI is InChI=1S/C7H9N3O2/c11-7(12)6-9-8-5-3-1-2-4-10(5)6/h1-4H2,(H,11,12). The molecule has 64 valence electrons. The van der Waals surface area contributed by atoms with Gasteiger partial charge in [0.1, 0.15) is 5.82 Å². The summed E-state index contributed by atoms with van der Waals surface area (Å²) in [7, 11) is 0. The minimum absolute atomic E-state index is 0.0738. The summed E-state index contributed by atoms with van der Waals surface area (Å²) >= 11 is 0. The van der Waals surface area contributed by atoms with E-state index < -0.39 is 5.97 Å². The minimum Gasteiger partial charge on any atom is -0.475 e. The van der Waals surface area contributed by atoms with Crippen LogP contribution >= 0.6 is 0 Å². The Morgan fingerprint density at radius 2 is 2.25 bits per heavy atom. The van der Waals surface area contributed by atoms with Crippen LogP contribution in [0.4, 0.5) is 0 Å². The smallest absolute Gasteiger partial charge is 0.374 e. The highest BCUT2D eigenvalue weighted by Crippen LogP contribution is 2.13. The van der Waals surface area contributed by atoms with Crippen LogP contribution in [-0.4, -0.2) is 25.8 Å². The third-order valence-corrected chi connectivity index (χ3v) is 2.05. The molecule has 5 heteroatoms. The molecule has 0 amide bonds. The molecule has 0 aromatic carbocycles. The van der Waals surface area contributed by atoms with Gasteiger partial charge in [-0.15, -0.1) is 10.2 Å². The van der Waals surface area contributed by atoms with Gasteiger partial charge in [0, 0.05) is 13.0 Å². The van der Waals surface area contributed by atoms with Crippen LogP contribution in [0, 0.1) is 0 Å². The van der Waals surface area contributed by atoms with Gasteiger partial charge in [-0.25, -0.2) is 4.79 Å². The molecule has 0 aliphatic carbocycles. The van der Waals surface area contributed by atoms with Gasteiger partial charge in [0.25, 0.3) is 0 Å². The maximum atomic E-state index is 10.6. The van der Waals surface area contributed by atoms with Crippen LogP contribution in [0.25, 0.3) is 0 Å². The van der Waals surface area contributed by atoms with Crippen LogP contribution < -0.4 is 0 Å². The van der Waals surface area contributed by atoms with Crippen molar-refractivity contribution in [1.29, 1.82) is 0 Å². The van der Waals surface area contributed by atoms with Gasteiger partial charge in [-0.1, -0.05) is 0 Å². The molecule has 1 aromatic heterocycles. The van der Waals surface area contributed by atoms with Crippen molar-refractivity contribution >= 4 is 5.97 Å². The molecule has 2 heterocycles. The zero-order valence-corrected chi connectivity index (χ0v) is 6.53. The van der Waals surface area contributed by atoms with Crippen LogP contribution in [0.3, 0.4) is 0 Å². The van der Waals surface area contributed by atoms with Crippen LogP contribution in [-0.2, 0) is 13.0 Å². The van der Waals surface area contributed by atoms with Crippen molar-refractivity contribution in [3.63, 3.8) is 0 Å². The molecule has 0 fully saturated rings. The van der Waals surface area contributed by atoms with Crippen molar-refractivity contribution in [3.8, 4) is 0 Å². The second-order valence-electron chi connectivity index (χ2n) is 2.85. The van der Waals surface area contributed by atoms with Crippen molar-refractivity contribution in [2.75, 3.05) is 0 Å². The first-order valence-corrected chi connectivity index (χ1v) is 3.94. The SMILES string of the molecule is O=C(O)c1nnc2n1CCCC2. The number of rotatable bonds is 1. The van der Waals surface area contributed by atoms with E-state index in [0.29, 0.717) is 0 Å². The minimum atomic E-state index is -0.990. The van der Waals surface area contributed by atoms with Crippen molar-refractivity contribution in [3.05, 3.63) is 11.6 Å². The van der Waals surface area contributed by atoms with Crippen molar-refractivity contribution in [2.45, 2.75) is 25.8 Å². The number of nitrogens with zero attached hydrogens (tertiary/aromatic N) is 3. The van der Waals surface area contributed by atoms with Gasteiger partial charge >= 0.3 is 5.97 Å². The largest absolute Gasteiger partial charge is 0.475 e. The average Bonchev–Trinajstić information content (AvgIpc) is 2.47. The molecule has 0 bridgehead atoms. The van der Waals surface area contributed by atoms with E-state index in [4.69, 9.17) is 5.11 Å². The lowest BCUT2D eigenvalue weighted by molar-refractivity contribution is 0.0676. The Morgan fingerprint density at radius 3 is 3.00 bits per heavy atom. The molecule has 1 aliphatic heterocycles. The molecule has 1 aromatic rings. The Morgan fingerprint density at radius 1 is 1.42 bits per heavy atom. The van der Waals surface area contributed by atoms with Crippen LogP contribution in [0.15, 0.2) is 0 Å². The molecule has 5 nitrogen and oxygen atoms in total. The number of hydrogen-bond acceptors (Lipinski definition) is 3. The summed E-state index contributed by atoms with van der Waals surface area (Å²) in [6, 6.07) is 0. The Labute approximate surface area is 69.0 Å². The number of aromatic carboxylic acids is 1. The van der Waals surface area contributed by atoms with Gasteiger partial charge < -0.3 is 9.67 Å². The molecule has 0 spiro atoms. The Bertz CT molecular complexity index is 318. The van der Waals surface area contributed by atoms with Crippen LogP contribution in [0.1, 0.15) is 29.3 Å². The van der Waals surface area contributed by atoms with E-state index >= 15 is 0 Å². The lowest BCUT2D eigenvalue weighted by Crippen LogP contribution is -2.16. The fourth-order valence-corrected chi connectivity index (χ4v) is 1.47. The monoisotopic (exact) mass is 167 g/mol. The fraction of sp³-hybridized carbons (Fsp3) is 0.571. The topological polar surface area (TPSA) is 68.0 Å². The van der Waals surface area contributed by atoms with E-state index in [1.165, 1.54) is 0 Å². The molecule has 1 N–H and O–H groups in total. The molecular formula is C7H9N3O2. The first kappa shape index (κ1) is 7.27. The number of carboxylic acids is 1. The summed E-state index contributed by atoms with van der Waals surface area (Å²) < 4.78 is 1.69. The summed E-state index contributed by atoms with van der Waals surface area (Å²) in [5, 5.41) is 16.1. The molecule has 0 saturated carbocycles. The predicted octanol–water partition coefficient (Wildman–Crippen LogP) is 0.313. The Hall–Kier alpha value is -1.39. The third kappa shape index (κ3) is 0.975. The second-order valence-corrected chi connectivity index (χ2v) is 2.85. The molecule has 0 atom stereocenters. The third-order valence-electron chi connectivity index (χ3n) is 2.05. The Kier molecular flexibility index (Phi) is 1.56. The quantitative estimate of drug-likeness (QED) is 0.653. The predicted molar refractivity (Wildman–Crippen MR) is 39.9 cm³/mol. The number of aromatic nitrogens is 3. The summed E-state index contributed by atoms with van der Waals surface area (Å²) in [6.45, 7) is 0.740. The van der Waals surface area contributed by atoms with E-state index in [9.17, 15) is 4.79 Å². The van der Waals surface area contributed by atoms with Crippen molar-refractivity contribution in [2.24, 2.45) is 0 Å². The van der Waals surface area contributed by atoms with Gasteiger partial charge in [0.2, 0.25) is 5.82 Å². The van der Waals surface area contributed by atoms with E-state index in [1.807, 2.05) is 0 Å². The maximum Gasteiger partial charge on any atom is 0.374 e. The van der Waals surface area contributed by atoms with Gasteiger partial charge in [0.05, 0.1) is 0 Å². The molecule has 1 aliphatic rings. The van der Waals surface area contributed by atoms with Crippen molar-refractivity contribution < 1.29 is 9.90 Å². The highest BCUT2D eigenvalue weighted by atomic mass is 16.4. The summed E-state index contributed by atoms with van der Waals surface area (Å²) in [6.07, 6.45) is 2.95. The van der Waals surface area contributed by atoms with Gasteiger partial charge in [-0.3, -0.25) is 0 Å². The highest BCUT2D eigenvalue weighted by molar-refractivity contribution is 5.83. The number of aryl methyl sites for hydroxylation is 1.